The Hall–Kier alpha value is -0.700. The average molecular weight is 721 g/mol. The van der Waals surface area contributed by atoms with E-state index in [0.717, 1.165) is 25.7 Å². The monoisotopic (exact) mass is 720 g/mol. The normalized spacial score (nSPS) is 59.1. The predicted molar refractivity (Wildman–Crippen MR) is 186 cm³/mol. The molecule has 11 heteroatoms. The molecule has 0 aliphatic carbocycles. The van der Waals surface area contributed by atoms with E-state index < -0.39 is 35.8 Å². The van der Waals surface area contributed by atoms with Gasteiger partial charge in [0, 0.05) is 37.5 Å². The zero-order valence-electron chi connectivity index (χ0n) is 31.7. The summed E-state index contributed by atoms with van der Waals surface area (Å²) >= 11 is 0. The van der Waals surface area contributed by atoms with Gasteiger partial charge in [-0.05, 0) is 57.3 Å². The molecule has 0 aromatic rings. The van der Waals surface area contributed by atoms with Gasteiger partial charge in [0.1, 0.15) is 11.7 Å². The average Bonchev–Trinajstić information content (AvgIpc) is 3.41. The van der Waals surface area contributed by atoms with Gasteiger partial charge in [0.15, 0.2) is 5.79 Å². The Kier molecular flexibility index (Phi) is 10.3. The molecule has 290 valence electrons. The Labute approximate surface area is 304 Å². The lowest BCUT2D eigenvalue weighted by Gasteiger charge is -2.53. The van der Waals surface area contributed by atoms with Gasteiger partial charge in [0.05, 0.1) is 92.1 Å². The molecule has 8 aliphatic rings. The number of hydrogen-bond acceptors (Lipinski definition) is 11. The molecule has 22 atom stereocenters. The van der Waals surface area contributed by atoms with E-state index >= 15 is 0 Å². The van der Waals surface area contributed by atoms with Crippen LogP contribution in [0.3, 0.4) is 0 Å². The van der Waals surface area contributed by atoms with Crippen molar-refractivity contribution in [2.75, 3.05) is 6.61 Å². The topological polar surface area (TPSA) is 135 Å². The number of hydrogen-bond donors (Lipinski definition) is 3. The molecule has 0 saturated carbocycles. The lowest BCUT2D eigenvalue weighted by Crippen LogP contribution is -2.63. The smallest absolute Gasteiger partial charge is 0.174 e. The molecule has 7 fully saturated rings. The van der Waals surface area contributed by atoms with Gasteiger partial charge < -0.3 is 53.2 Å². The van der Waals surface area contributed by atoms with Crippen LogP contribution in [-0.2, 0) is 37.9 Å². The fraction of sp³-hybridized carbons (Fsp3) is 0.950. The maximum absolute atomic E-state index is 11.8. The molecule has 7 saturated heterocycles. The highest BCUT2D eigenvalue weighted by atomic mass is 16.7. The van der Waals surface area contributed by atoms with Crippen molar-refractivity contribution >= 4 is 0 Å². The van der Waals surface area contributed by atoms with E-state index in [1.807, 2.05) is 13.8 Å². The van der Waals surface area contributed by atoms with E-state index in [-0.39, 0.29) is 97.4 Å². The predicted octanol–water partition coefficient (Wildman–Crippen LogP) is 4.07. The van der Waals surface area contributed by atoms with E-state index in [2.05, 4.69) is 46.8 Å². The summed E-state index contributed by atoms with van der Waals surface area (Å²) in [5.41, 5.74) is -0.884. The van der Waals surface area contributed by atoms with Crippen molar-refractivity contribution in [3.63, 3.8) is 0 Å². The summed E-state index contributed by atoms with van der Waals surface area (Å²) in [7, 11) is 0. The third kappa shape index (κ3) is 6.60. The molecule has 0 bridgehead atoms. The third-order valence-electron chi connectivity index (χ3n) is 14.6. The van der Waals surface area contributed by atoms with Crippen molar-refractivity contribution in [2.45, 2.75) is 203 Å². The first kappa shape index (κ1) is 37.2. The van der Waals surface area contributed by atoms with E-state index in [4.69, 9.17) is 37.9 Å². The van der Waals surface area contributed by atoms with Crippen LogP contribution < -0.4 is 0 Å². The zero-order valence-corrected chi connectivity index (χ0v) is 31.7. The van der Waals surface area contributed by atoms with Crippen molar-refractivity contribution in [1.29, 1.82) is 0 Å². The number of aliphatic hydroxyl groups is 3. The Morgan fingerprint density at radius 1 is 0.608 bits per heavy atom. The summed E-state index contributed by atoms with van der Waals surface area (Å²) in [6.07, 6.45) is 4.57. The van der Waals surface area contributed by atoms with Gasteiger partial charge >= 0.3 is 0 Å². The van der Waals surface area contributed by atoms with Crippen LogP contribution in [0.5, 0.6) is 0 Å². The van der Waals surface area contributed by atoms with Crippen molar-refractivity contribution in [2.24, 2.45) is 29.6 Å². The standard InChI is InChI=1S/C40H64O11/c1-19-12-27-28(14-32-36(48-27)22(4)35(43)38-37(49-32)21(3)23(5)40(51-38)17-25(41)18-44-40)46-30-16-34-39(7,50-31(30)13-19)33(42)15-29-26(47-34)11-9-8-10-20(2)24(6)45-29/h8-9,19-38,41-43H,10-18H2,1-7H3/t19-,20-,21+,22+,23+,24+,25+,26+,27+,28-,29-,30+,31-,32+,33-,34-,35+,36-,37-,38+,39+,40?/m1/s1. The van der Waals surface area contributed by atoms with E-state index in [0.29, 0.717) is 31.6 Å². The second-order valence-corrected chi connectivity index (χ2v) is 18.2. The van der Waals surface area contributed by atoms with Crippen LogP contribution >= 0.6 is 0 Å². The van der Waals surface area contributed by atoms with Crippen LogP contribution in [0.1, 0.15) is 99.8 Å². The molecule has 8 rings (SSSR count). The molecule has 11 nitrogen and oxygen atoms in total. The quantitative estimate of drug-likeness (QED) is 0.313. The van der Waals surface area contributed by atoms with E-state index in [1.54, 1.807) is 0 Å². The fourth-order valence-electron chi connectivity index (χ4n) is 10.9. The number of fused-ring (bicyclic) bond motifs is 6. The summed E-state index contributed by atoms with van der Waals surface area (Å²) in [5.74, 6) is -0.535. The molecular formula is C40H64O11. The highest BCUT2D eigenvalue weighted by Crippen LogP contribution is 2.51. The maximum Gasteiger partial charge on any atom is 0.174 e. The maximum atomic E-state index is 11.8. The molecule has 3 N–H and O–H groups in total. The van der Waals surface area contributed by atoms with Gasteiger partial charge in [-0.1, -0.05) is 46.8 Å². The molecular weight excluding hydrogens is 656 g/mol. The molecule has 8 aliphatic heterocycles. The van der Waals surface area contributed by atoms with Crippen LogP contribution in [0.25, 0.3) is 0 Å². The lowest BCUT2D eigenvalue weighted by molar-refractivity contribution is -0.339. The largest absolute Gasteiger partial charge is 0.391 e. The van der Waals surface area contributed by atoms with Gasteiger partial charge in [0.25, 0.3) is 0 Å². The van der Waals surface area contributed by atoms with Gasteiger partial charge in [-0.25, -0.2) is 0 Å². The Morgan fingerprint density at radius 2 is 1.29 bits per heavy atom. The van der Waals surface area contributed by atoms with E-state index in [1.165, 1.54) is 0 Å². The number of allylic oxidation sites excluding steroid dienone is 1. The van der Waals surface area contributed by atoms with Gasteiger partial charge in [-0.15, -0.1) is 0 Å². The minimum absolute atomic E-state index is 0.0182. The molecule has 0 aromatic carbocycles. The van der Waals surface area contributed by atoms with Gasteiger partial charge in [0.2, 0.25) is 0 Å². The summed E-state index contributed by atoms with van der Waals surface area (Å²) in [5, 5.41) is 34.1. The summed E-state index contributed by atoms with van der Waals surface area (Å²) in [6, 6.07) is 0. The lowest BCUT2D eigenvalue weighted by atomic mass is 9.75. The molecule has 1 unspecified atom stereocenters. The molecule has 1 spiro atoms. The Balaban J connectivity index is 1.02. The van der Waals surface area contributed by atoms with Gasteiger partial charge in [-0.2, -0.15) is 0 Å². The van der Waals surface area contributed by atoms with Crippen LogP contribution in [0.4, 0.5) is 0 Å². The second kappa shape index (κ2) is 14.1. The van der Waals surface area contributed by atoms with Crippen molar-refractivity contribution in [3.05, 3.63) is 12.2 Å². The molecule has 0 radical (unpaired) electrons. The molecule has 51 heavy (non-hydrogen) atoms. The van der Waals surface area contributed by atoms with Crippen LogP contribution in [-0.4, -0.2) is 125 Å². The fourth-order valence-corrected chi connectivity index (χ4v) is 10.9. The first-order valence-electron chi connectivity index (χ1n) is 20.2. The number of ether oxygens (including phenoxy) is 8. The first-order valence-corrected chi connectivity index (χ1v) is 20.2. The number of rotatable bonds is 0. The Bertz CT molecular complexity index is 1270. The Morgan fingerprint density at radius 3 is 2.06 bits per heavy atom. The molecule has 0 amide bonds. The summed E-state index contributed by atoms with van der Waals surface area (Å²) < 4.78 is 54.3. The summed E-state index contributed by atoms with van der Waals surface area (Å²) in [4.78, 5) is 0. The SMILES string of the molecule is C[C@@H]1C[C@@H]2O[C@@H]3[C@@H](C)[C@H](O)[C@@H]4OC5(C[C@H](O)CO5)[C@@H](C)[C@H](C)[C@H]4O[C@H]3C[C@H]2O[C@H]2C[C@H]3O[C@H]4CC=CC[C@@H](C)[C@H](C)O[C@@H]4C[C@@H](O)[C@]3(C)O[C@@H]2C1. The molecule has 8 heterocycles. The van der Waals surface area contributed by atoms with Gasteiger partial charge in [-0.3, -0.25) is 0 Å². The van der Waals surface area contributed by atoms with E-state index in [9.17, 15) is 15.3 Å². The van der Waals surface area contributed by atoms with Crippen LogP contribution in [0, 0.1) is 29.6 Å². The van der Waals surface area contributed by atoms with Crippen molar-refractivity contribution in [3.8, 4) is 0 Å². The van der Waals surface area contributed by atoms with Crippen molar-refractivity contribution in [1.82, 2.24) is 0 Å². The number of aliphatic hydroxyl groups excluding tert-OH is 3. The highest BCUT2D eigenvalue weighted by molar-refractivity contribution is 5.08. The second-order valence-electron chi connectivity index (χ2n) is 18.2. The first-order chi connectivity index (χ1) is 24.3. The zero-order chi connectivity index (χ0) is 36.0. The molecule has 0 aromatic heterocycles. The minimum Gasteiger partial charge on any atom is -0.391 e. The van der Waals surface area contributed by atoms with Crippen LogP contribution in [0.15, 0.2) is 12.2 Å². The van der Waals surface area contributed by atoms with Crippen LogP contribution in [0.2, 0.25) is 0 Å². The van der Waals surface area contributed by atoms with Crippen molar-refractivity contribution < 1.29 is 53.2 Å². The third-order valence-corrected chi connectivity index (χ3v) is 14.6. The summed E-state index contributed by atoms with van der Waals surface area (Å²) in [6.45, 7) is 15.1. The highest BCUT2D eigenvalue weighted by Gasteiger charge is 2.62. The minimum atomic E-state index is -0.935.